The van der Waals surface area contributed by atoms with Gasteiger partial charge in [0.1, 0.15) is 0 Å². The van der Waals surface area contributed by atoms with Gasteiger partial charge in [0.25, 0.3) is 0 Å². The van der Waals surface area contributed by atoms with Gasteiger partial charge in [0, 0.05) is 18.5 Å². The molecule has 0 aromatic carbocycles. The van der Waals surface area contributed by atoms with Gasteiger partial charge in [-0.15, -0.1) is 0 Å². The number of carbonyl (C=O) groups excluding carboxylic acids is 1. The zero-order chi connectivity index (χ0) is 9.97. The molecule has 0 aromatic rings. The van der Waals surface area contributed by atoms with E-state index in [0.717, 1.165) is 19.3 Å². The van der Waals surface area contributed by atoms with Crippen molar-refractivity contribution in [3.05, 3.63) is 0 Å². The van der Waals surface area contributed by atoms with Crippen LogP contribution in [0.15, 0.2) is 0 Å². The standard InChI is InChI=1S/C11H20N2O/c12-9-5-4-8(6-9)7-11(14)13-10-2-1-3-10/h8-10H,1-7,12H2,(H,13,14). The molecule has 0 aromatic heterocycles. The van der Waals surface area contributed by atoms with Gasteiger partial charge in [-0.25, -0.2) is 0 Å². The van der Waals surface area contributed by atoms with Gasteiger partial charge in [0.15, 0.2) is 0 Å². The molecule has 80 valence electrons. The normalized spacial score (nSPS) is 32.6. The van der Waals surface area contributed by atoms with E-state index in [2.05, 4.69) is 5.32 Å². The van der Waals surface area contributed by atoms with Crippen LogP contribution in [-0.4, -0.2) is 18.0 Å². The molecule has 0 bridgehead atoms. The molecule has 0 radical (unpaired) electrons. The molecule has 2 aliphatic carbocycles. The van der Waals surface area contributed by atoms with Crippen molar-refractivity contribution in [3.63, 3.8) is 0 Å². The summed E-state index contributed by atoms with van der Waals surface area (Å²) < 4.78 is 0. The van der Waals surface area contributed by atoms with Crippen molar-refractivity contribution in [2.24, 2.45) is 11.7 Å². The van der Waals surface area contributed by atoms with E-state index in [1.54, 1.807) is 0 Å². The Kier molecular flexibility index (Phi) is 3.06. The van der Waals surface area contributed by atoms with Gasteiger partial charge in [0.2, 0.25) is 5.91 Å². The van der Waals surface area contributed by atoms with Crippen molar-refractivity contribution >= 4 is 5.91 Å². The van der Waals surface area contributed by atoms with Gasteiger partial charge in [-0.05, 0) is 44.4 Å². The molecular formula is C11H20N2O. The molecular weight excluding hydrogens is 176 g/mol. The fraction of sp³-hybridized carbons (Fsp3) is 0.909. The van der Waals surface area contributed by atoms with Crippen molar-refractivity contribution in [1.82, 2.24) is 5.32 Å². The summed E-state index contributed by atoms with van der Waals surface area (Å²) in [6, 6.07) is 0.828. The molecule has 2 saturated carbocycles. The second kappa shape index (κ2) is 4.30. The first-order valence-corrected chi connectivity index (χ1v) is 5.79. The van der Waals surface area contributed by atoms with Crippen molar-refractivity contribution in [2.75, 3.05) is 0 Å². The molecule has 0 aliphatic heterocycles. The Morgan fingerprint density at radius 2 is 2.07 bits per heavy atom. The minimum absolute atomic E-state index is 0.244. The molecule has 14 heavy (non-hydrogen) atoms. The van der Waals surface area contributed by atoms with Gasteiger partial charge in [0.05, 0.1) is 0 Å². The predicted octanol–water partition coefficient (Wildman–Crippen LogP) is 1.17. The highest BCUT2D eigenvalue weighted by molar-refractivity contribution is 5.76. The summed E-state index contributed by atoms with van der Waals surface area (Å²) in [5.41, 5.74) is 5.81. The predicted molar refractivity (Wildman–Crippen MR) is 55.7 cm³/mol. The van der Waals surface area contributed by atoms with Gasteiger partial charge in [-0.1, -0.05) is 0 Å². The molecule has 2 atom stereocenters. The van der Waals surface area contributed by atoms with Crippen LogP contribution < -0.4 is 11.1 Å². The van der Waals surface area contributed by atoms with Crippen molar-refractivity contribution in [2.45, 2.75) is 57.0 Å². The first-order valence-electron chi connectivity index (χ1n) is 5.79. The average molecular weight is 196 g/mol. The minimum Gasteiger partial charge on any atom is -0.353 e. The maximum Gasteiger partial charge on any atom is 0.220 e. The van der Waals surface area contributed by atoms with E-state index in [1.807, 2.05) is 0 Å². The lowest BCUT2D eigenvalue weighted by Gasteiger charge is -2.26. The van der Waals surface area contributed by atoms with E-state index in [-0.39, 0.29) is 5.91 Å². The Morgan fingerprint density at radius 1 is 1.29 bits per heavy atom. The monoisotopic (exact) mass is 196 g/mol. The van der Waals surface area contributed by atoms with Crippen molar-refractivity contribution in [1.29, 1.82) is 0 Å². The second-order valence-corrected chi connectivity index (χ2v) is 4.84. The van der Waals surface area contributed by atoms with Crippen LogP contribution in [0.2, 0.25) is 0 Å². The fourth-order valence-electron chi connectivity index (χ4n) is 2.40. The lowest BCUT2D eigenvalue weighted by atomic mass is 9.92. The van der Waals surface area contributed by atoms with E-state index in [1.165, 1.54) is 19.3 Å². The zero-order valence-corrected chi connectivity index (χ0v) is 8.67. The first-order chi connectivity index (χ1) is 6.74. The zero-order valence-electron chi connectivity index (χ0n) is 8.67. The molecule has 0 spiro atoms. The summed E-state index contributed by atoms with van der Waals surface area (Å²) in [6.07, 6.45) is 7.61. The van der Waals surface area contributed by atoms with Gasteiger partial charge >= 0.3 is 0 Å². The Balaban J connectivity index is 1.66. The highest BCUT2D eigenvalue weighted by atomic mass is 16.1. The lowest BCUT2D eigenvalue weighted by molar-refractivity contribution is -0.123. The Labute approximate surface area is 85.4 Å². The molecule has 1 amide bonds. The van der Waals surface area contributed by atoms with Crippen LogP contribution in [0, 0.1) is 5.92 Å². The highest BCUT2D eigenvalue weighted by Crippen LogP contribution is 2.27. The number of amides is 1. The third kappa shape index (κ3) is 2.47. The molecule has 2 unspecified atom stereocenters. The second-order valence-electron chi connectivity index (χ2n) is 4.84. The topological polar surface area (TPSA) is 55.1 Å². The highest BCUT2D eigenvalue weighted by Gasteiger charge is 2.25. The maximum atomic E-state index is 11.6. The van der Waals surface area contributed by atoms with E-state index < -0.39 is 0 Å². The fourth-order valence-corrected chi connectivity index (χ4v) is 2.40. The molecule has 2 fully saturated rings. The SMILES string of the molecule is NC1CCC(CC(=O)NC2CCC2)C1. The quantitative estimate of drug-likeness (QED) is 0.712. The number of carbonyl (C=O) groups is 1. The molecule has 0 saturated heterocycles. The molecule has 0 heterocycles. The van der Waals surface area contributed by atoms with Crippen LogP contribution in [0.3, 0.4) is 0 Å². The minimum atomic E-state index is 0.244. The van der Waals surface area contributed by atoms with Crippen LogP contribution in [0.25, 0.3) is 0 Å². The van der Waals surface area contributed by atoms with Gasteiger partial charge < -0.3 is 11.1 Å². The van der Waals surface area contributed by atoms with E-state index in [0.29, 0.717) is 24.4 Å². The summed E-state index contributed by atoms with van der Waals surface area (Å²) in [5, 5.41) is 3.08. The van der Waals surface area contributed by atoms with Crippen LogP contribution in [0.4, 0.5) is 0 Å². The smallest absolute Gasteiger partial charge is 0.220 e. The molecule has 2 rings (SSSR count). The molecule has 3 heteroatoms. The Bertz CT molecular complexity index is 213. The summed E-state index contributed by atoms with van der Waals surface area (Å²) in [6.45, 7) is 0. The maximum absolute atomic E-state index is 11.6. The number of hydrogen-bond acceptors (Lipinski definition) is 2. The van der Waals surface area contributed by atoms with E-state index >= 15 is 0 Å². The van der Waals surface area contributed by atoms with Crippen LogP contribution in [0.5, 0.6) is 0 Å². The van der Waals surface area contributed by atoms with Gasteiger partial charge in [-0.2, -0.15) is 0 Å². The van der Waals surface area contributed by atoms with Crippen LogP contribution in [0.1, 0.15) is 44.9 Å². The number of nitrogens with one attached hydrogen (secondary N) is 1. The number of hydrogen-bond donors (Lipinski definition) is 2. The lowest BCUT2D eigenvalue weighted by Crippen LogP contribution is -2.40. The van der Waals surface area contributed by atoms with Crippen LogP contribution in [-0.2, 0) is 4.79 Å². The van der Waals surface area contributed by atoms with E-state index in [9.17, 15) is 4.79 Å². The summed E-state index contributed by atoms with van der Waals surface area (Å²) in [5.74, 6) is 0.791. The van der Waals surface area contributed by atoms with E-state index in [4.69, 9.17) is 5.73 Å². The number of rotatable bonds is 3. The first kappa shape index (κ1) is 9.97. The average Bonchev–Trinajstić information content (AvgIpc) is 2.44. The molecule has 3 nitrogen and oxygen atoms in total. The summed E-state index contributed by atoms with van der Waals surface area (Å²) in [7, 11) is 0. The molecule has 2 aliphatic rings. The summed E-state index contributed by atoms with van der Waals surface area (Å²) >= 11 is 0. The Hall–Kier alpha value is -0.570. The van der Waals surface area contributed by atoms with Crippen molar-refractivity contribution in [3.8, 4) is 0 Å². The summed E-state index contributed by atoms with van der Waals surface area (Å²) in [4.78, 5) is 11.6. The Morgan fingerprint density at radius 3 is 2.57 bits per heavy atom. The largest absolute Gasteiger partial charge is 0.353 e. The molecule has 3 N–H and O–H groups in total. The van der Waals surface area contributed by atoms with Gasteiger partial charge in [-0.3, -0.25) is 4.79 Å². The number of nitrogens with two attached hydrogens (primary N) is 1. The van der Waals surface area contributed by atoms with Crippen LogP contribution >= 0.6 is 0 Å². The third-order valence-corrected chi connectivity index (χ3v) is 3.53. The van der Waals surface area contributed by atoms with Crippen molar-refractivity contribution < 1.29 is 4.79 Å². The third-order valence-electron chi connectivity index (χ3n) is 3.53.